The fourth-order valence-electron chi connectivity index (χ4n) is 9.40. The Bertz CT molecular complexity index is 851. The van der Waals surface area contributed by atoms with Crippen LogP contribution in [0, 0.1) is 46.3 Å². The maximum absolute atomic E-state index is 13.2. The maximum atomic E-state index is 13.2. The third kappa shape index (κ3) is 2.61. The number of allylic oxidation sites excluding steroid dienone is 1. The van der Waals surface area contributed by atoms with E-state index in [4.69, 9.17) is 9.47 Å². The van der Waals surface area contributed by atoms with E-state index < -0.39 is 0 Å². The lowest BCUT2D eigenvalue weighted by Gasteiger charge is -2.58. The van der Waals surface area contributed by atoms with Crippen molar-refractivity contribution in [1.29, 1.82) is 0 Å². The van der Waals surface area contributed by atoms with Gasteiger partial charge in [0, 0.05) is 30.8 Å². The first-order chi connectivity index (χ1) is 14.7. The molecule has 2 heterocycles. The van der Waals surface area contributed by atoms with Gasteiger partial charge in [0.1, 0.15) is 0 Å². The van der Waals surface area contributed by atoms with Crippen LogP contribution in [0.2, 0.25) is 0 Å². The second-order valence-corrected chi connectivity index (χ2v) is 12.5. The Morgan fingerprint density at radius 3 is 2.58 bits per heavy atom. The van der Waals surface area contributed by atoms with Crippen LogP contribution in [0.15, 0.2) is 11.6 Å². The topological polar surface area (TPSA) is 52.6 Å². The van der Waals surface area contributed by atoms with Gasteiger partial charge in [0.05, 0.1) is 12.7 Å². The van der Waals surface area contributed by atoms with E-state index in [1.54, 1.807) is 6.08 Å². The van der Waals surface area contributed by atoms with Gasteiger partial charge in [-0.2, -0.15) is 0 Å². The Morgan fingerprint density at radius 1 is 1.03 bits per heavy atom. The van der Waals surface area contributed by atoms with Crippen LogP contribution in [0.5, 0.6) is 0 Å². The van der Waals surface area contributed by atoms with Crippen LogP contribution >= 0.6 is 0 Å². The monoisotopic (exact) mass is 426 g/mol. The third-order valence-electron chi connectivity index (χ3n) is 11.1. The van der Waals surface area contributed by atoms with E-state index in [1.165, 1.54) is 19.3 Å². The Labute approximate surface area is 186 Å². The van der Waals surface area contributed by atoms with Gasteiger partial charge in [-0.1, -0.05) is 27.7 Å². The van der Waals surface area contributed by atoms with Gasteiger partial charge < -0.3 is 9.47 Å². The largest absolute Gasteiger partial charge is 0.349 e. The highest BCUT2D eigenvalue weighted by Gasteiger charge is 2.69. The molecule has 4 heteroatoms. The average Bonchev–Trinajstić information content (AvgIpc) is 3.17. The van der Waals surface area contributed by atoms with Crippen molar-refractivity contribution < 1.29 is 19.1 Å². The summed E-state index contributed by atoms with van der Waals surface area (Å²) in [5.74, 6) is 3.08. The van der Waals surface area contributed by atoms with Crippen molar-refractivity contribution in [3.63, 3.8) is 0 Å². The summed E-state index contributed by atoms with van der Waals surface area (Å²) in [6, 6.07) is 0. The second kappa shape index (κ2) is 6.53. The van der Waals surface area contributed by atoms with E-state index in [2.05, 4.69) is 27.7 Å². The number of carbonyl (C=O) groups is 2. The molecule has 6 aliphatic rings. The highest BCUT2D eigenvalue weighted by molar-refractivity contribution is 6.05. The molecule has 6 rings (SSSR count). The normalized spacial score (nSPS) is 56.0. The standard InChI is InChI=1S/C27H38O4/c1-15-5-10-27(30-14-15)16(2)24-23(31-27)13-20-18-12-22(29)21-11-17(28)6-8-25(21,3)19(18)7-9-26(20,24)4/h11,15-16,18-20,23-24H,5-10,12-14H2,1-4H3/t15-,16+,18-,19+,20+,23+,24+,25-,26+,27-/m1/s1. The van der Waals surface area contributed by atoms with Crippen molar-refractivity contribution in [2.24, 2.45) is 46.3 Å². The predicted molar refractivity (Wildman–Crippen MR) is 117 cm³/mol. The third-order valence-corrected chi connectivity index (χ3v) is 11.1. The van der Waals surface area contributed by atoms with Crippen LogP contribution in [0.25, 0.3) is 0 Å². The van der Waals surface area contributed by atoms with Crippen LogP contribution in [0.1, 0.15) is 79.1 Å². The van der Waals surface area contributed by atoms with Crippen LogP contribution in [-0.4, -0.2) is 30.1 Å². The molecule has 0 bridgehead atoms. The van der Waals surface area contributed by atoms with Gasteiger partial charge in [0.15, 0.2) is 17.4 Å². The number of hydrogen-bond acceptors (Lipinski definition) is 4. The SMILES string of the molecule is C[C@@H]1CC[C@@]2(OC1)O[C@H]1C[C@H]3[C@@H]4CC(=O)C5=CC(=O)CC[C@]5(C)[C@H]4CC[C@]3(C)[C@H]1[C@@H]2C. The maximum Gasteiger partial charge on any atom is 0.171 e. The minimum absolute atomic E-state index is 0.108. The second-order valence-electron chi connectivity index (χ2n) is 12.5. The van der Waals surface area contributed by atoms with Crippen molar-refractivity contribution in [3.8, 4) is 0 Å². The molecule has 0 aromatic carbocycles. The van der Waals surface area contributed by atoms with E-state index >= 15 is 0 Å². The summed E-state index contributed by atoms with van der Waals surface area (Å²) in [6.45, 7) is 10.2. The zero-order valence-corrected chi connectivity index (χ0v) is 19.6. The molecule has 31 heavy (non-hydrogen) atoms. The molecule has 0 aromatic rings. The first-order valence-electron chi connectivity index (χ1n) is 12.8. The van der Waals surface area contributed by atoms with Crippen molar-refractivity contribution in [2.45, 2.75) is 91.0 Å². The lowest BCUT2D eigenvalue weighted by Crippen LogP contribution is -2.54. The first kappa shape index (κ1) is 20.6. The lowest BCUT2D eigenvalue weighted by atomic mass is 9.46. The Balaban J connectivity index is 1.31. The first-order valence-corrected chi connectivity index (χ1v) is 12.8. The summed E-state index contributed by atoms with van der Waals surface area (Å²) in [5.41, 5.74) is 0.965. The molecule has 3 saturated carbocycles. The molecular formula is C27H38O4. The van der Waals surface area contributed by atoms with Gasteiger partial charge in [-0.05, 0) is 78.6 Å². The Hall–Kier alpha value is -1.00. The van der Waals surface area contributed by atoms with E-state index in [-0.39, 0.29) is 34.3 Å². The molecule has 2 saturated heterocycles. The quantitative estimate of drug-likeness (QED) is 0.541. The summed E-state index contributed by atoms with van der Waals surface area (Å²) in [6.07, 6.45) is 9.73. The fourth-order valence-corrected chi connectivity index (χ4v) is 9.40. The van der Waals surface area contributed by atoms with Gasteiger partial charge in [0.2, 0.25) is 0 Å². The number of fused-ring (bicyclic) bond motifs is 7. The number of ether oxygens (including phenoxy) is 2. The molecule has 4 aliphatic carbocycles. The minimum atomic E-state index is -0.374. The molecule has 0 amide bonds. The number of ketones is 2. The fraction of sp³-hybridized carbons (Fsp3) is 0.852. The van der Waals surface area contributed by atoms with E-state index in [1.807, 2.05) is 0 Å². The summed E-state index contributed by atoms with van der Waals surface area (Å²) in [7, 11) is 0. The van der Waals surface area contributed by atoms with Gasteiger partial charge in [-0.25, -0.2) is 0 Å². The zero-order valence-electron chi connectivity index (χ0n) is 19.6. The number of Topliss-reactive ketones (excluding diaryl/α,β-unsaturated/α-hetero) is 1. The summed E-state index contributed by atoms with van der Waals surface area (Å²) >= 11 is 0. The van der Waals surface area contributed by atoms with Crippen LogP contribution in [0.3, 0.4) is 0 Å². The van der Waals surface area contributed by atoms with Crippen molar-refractivity contribution >= 4 is 11.6 Å². The predicted octanol–water partition coefficient (Wildman–Crippen LogP) is 5.10. The molecule has 0 aromatic heterocycles. The lowest BCUT2D eigenvalue weighted by molar-refractivity contribution is -0.272. The van der Waals surface area contributed by atoms with Crippen molar-refractivity contribution in [1.82, 2.24) is 0 Å². The summed E-state index contributed by atoms with van der Waals surface area (Å²) in [4.78, 5) is 25.3. The van der Waals surface area contributed by atoms with E-state index in [0.29, 0.717) is 48.3 Å². The van der Waals surface area contributed by atoms with Gasteiger partial charge >= 0.3 is 0 Å². The molecule has 0 unspecified atom stereocenters. The zero-order chi connectivity index (χ0) is 21.8. The van der Waals surface area contributed by atoms with Crippen LogP contribution in [-0.2, 0) is 19.1 Å². The van der Waals surface area contributed by atoms with Crippen molar-refractivity contribution in [2.75, 3.05) is 6.61 Å². The summed E-state index contributed by atoms with van der Waals surface area (Å²) in [5, 5.41) is 0. The van der Waals surface area contributed by atoms with Gasteiger partial charge in [0.25, 0.3) is 0 Å². The van der Waals surface area contributed by atoms with E-state index in [0.717, 1.165) is 31.4 Å². The molecular weight excluding hydrogens is 388 g/mol. The molecule has 10 atom stereocenters. The van der Waals surface area contributed by atoms with Crippen LogP contribution < -0.4 is 0 Å². The average molecular weight is 427 g/mol. The van der Waals surface area contributed by atoms with Gasteiger partial charge in [-0.15, -0.1) is 0 Å². The highest BCUT2D eigenvalue weighted by Crippen LogP contribution is 2.70. The number of hydrogen-bond donors (Lipinski definition) is 0. The van der Waals surface area contributed by atoms with Crippen molar-refractivity contribution in [3.05, 3.63) is 11.6 Å². The van der Waals surface area contributed by atoms with E-state index in [9.17, 15) is 9.59 Å². The Morgan fingerprint density at radius 2 is 1.84 bits per heavy atom. The molecule has 0 N–H and O–H groups in total. The number of rotatable bonds is 0. The molecule has 2 aliphatic heterocycles. The minimum Gasteiger partial charge on any atom is -0.349 e. The molecule has 4 nitrogen and oxygen atoms in total. The molecule has 5 fully saturated rings. The summed E-state index contributed by atoms with van der Waals surface area (Å²) < 4.78 is 13.2. The highest BCUT2D eigenvalue weighted by atomic mass is 16.7. The molecule has 1 spiro atoms. The van der Waals surface area contributed by atoms with Gasteiger partial charge in [-0.3, -0.25) is 9.59 Å². The molecule has 0 radical (unpaired) electrons. The smallest absolute Gasteiger partial charge is 0.171 e. The number of carbonyl (C=O) groups excluding carboxylic acids is 2. The molecule has 170 valence electrons. The van der Waals surface area contributed by atoms with Crippen LogP contribution in [0.4, 0.5) is 0 Å². The Kier molecular flexibility index (Phi) is 4.34.